The highest BCUT2D eigenvalue weighted by atomic mass is 16.5. The number of aliphatic hydroxyl groups is 1. The van der Waals surface area contributed by atoms with E-state index in [2.05, 4.69) is 18.0 Å². The number of hydrogen-bond donors (Lipinski definition) is 1. The summed E-state index contributed by atoms with van der Waals surface area (Å²) < 4.78 is 5.52. The molecule has 0 aromatic heterocycles. The first-order valence-electron chi connectivity index (χ1n) is 6.74. The van der Waals surface area contributed by atoms with Crippen molar-refractivity contribution in [3.63, 3.8) is 0 Å². The van der Waals surface area contributed by atoms with Gasteiger partial charge in [-0.25, -0.2) is 0 Å². The van der Waals surface area contributed by atoms with Crippen LogP contribution in [0.2, 0.25) is 0 Å². The van der Waals surface area contributed by atoms with Gasteiger partial charge in [-0.2, -0.15) is 0 Å². The van der Waals surface area contributed by atoms with Crippen LogP contribution < -0.4 is 4.90 Å². The molecular weight excluding hydrogens is 226 g/mol. The molecule has 0 aliphatic carbocycles. The number of hydrogen-bond acceptors (Lipinski definition) is 3. The van der Waals surface area contributed by atoms with Gasteiger partial charge in [-0.05, 0) is 31.7 Å². The molecule has 100 valence electrons. The second kappa shape index (κ2) is 6.21. The highest BCUT2D eigenvalue weighted by Crippen LogP contribution is 2.26. The molecule has 1 aromatic rings. The maximum atomic E-state index is 9.81. The molecule has 3 nitrogen and oxygen atoms in total. The van der Waals surface area contributed by atoms with Gasteiger partial charge in [-0.15, -0.1) is 0 Å². The van der Waals surface area contributed by atoms with E-state index in [1.807, 2.05) is 25.1 Å². The summed E-state index contributed by atoms with van der Waals surface area (Å²) in [6.45, 7) is 4.58. The minimum Gasteiger partial charge on any atom is -0.389 e. The summed E-state index contributed by atoms with van der Waals surface area (Å²) >= 11 is 0. The standard InChI is InChI=1S/C15H23NO2/c1-12(17)14-7-3-4-8-15(14)16(2)10-13-6-5-9-18-11-13/h3-4,7-8,12-13,17H,5-6,9-11H2,1-2H3/t12-,13?/m0/s1. The molecule has 1 aromatic carbocycles. The zero-order valence-corrected chi connectivity index (χ0v) is 11.3. The minimum absolute atomic E-state index is 0.425. The molecule has 1 aliphatic heterocycles. The maximum absolute atomic E-state index is 9.81. The Morgan fingerprint density at radius 1 is 1.44 bits per heavy atom. The van der Waals surface area contributed by atoms with Crippen molar-refractivity contribution in [2.75, 3.05) is 31.7 Å². The van der Waals surface area contributed by atoms with Gasteiger partial charge in [0, 0.05) is 31.5 Å². The highest BCUT2D eigenvalue weighted by molar-refractivity contribution is 5.53. The van der Waals surface area contributed by atoms with Crippen LogP contribution in [0, 0.1) is 5.92 Å². The number of para-hydroxylation sites is 1. The lowest BCUT2D eigenvalue weighted by molar-refractivity contribution is 0.0576. The summed E-state index contributed by atoms with van der Waals surface area (Å²) in [7, 11) is 2.09. The van der Waals surface area contributed by atoms with E-state index in [9.17, 15) is 5.11 Å². The van der Waals surface area contributed by atoms with Crippen molar-refractivity contribution < 1.29 is 9.84 Å². The van der Waals surface area contributed by atoms with Gasteiger partial charge in [0.15, 0.2) is 0 Å². The second-order valence-electron chi connectivity index (χ2n) is 5.20. The fourth-order valence-electron chi connectivity index (χ4n) is 2.63. The first-order chi connectivity index (χ1) is 8.68. The van der Waals surface area contributed by atoms with Crippen molar-refractivity contribution in [1.82, 2.24) is 0 Å². The van der Waals surface area contributed by atoms with Crippen LogP contribution in [0.3, 0.4) is 0 Å². The van der Waals surface area contributed by atoms with E-state index in [1.165, 1.54) is 6.42 Å². The van der Waals surface area contributed by atoms with E-state index in [0.717, 1.165) is 37.4 Å². The average molecular weight is 249 g/mol. The van der Waals surface area contributed by atoms with Crippen LogP contribution in [-0.4, -0.2) is 31.9 Å². The molecule has 0 radical (unpaired) electrons. The van der Waals surface area contributed by atoms with E-state index in [-0.39, 0.29) is 0 Å². The normalized spacial score (nSPS) is 21.6. The van der Waals surface area contributed by atoms with Crippen molar-refractivity contribution in [2.24, 2.45) is 5.92 Å². The van der Waals surface area contributed by atoms with E-state index >= 15 is 0 Å². The van der Waals surface area contributed by atoms with Crippen LogP contribution in [0.25, 0.3) is 0 Å². The fourth-order valence-corrected chi connectivity index (χ4v) is 2.63. The molecule has 1 N–H and O–H groups in total. The molecule has 1 aliphatic rings. The summed E-state index contributed by atoms with van der Waals surface area (Å²) in [4.78, 5) is 2.24. The maximum Gasteiger partial charge on any atom is 0.0781 e. The van der Waals surface area contributed by atoms with Crippen LogP contribution >= 0.6 is 0 Å². The Bertz CT molecular complexity index is 373. The fraction of sp³-hybridized carbons (Fsp3) is 0.600. The molecule has 1 fully saturated rings. The lowest BCUT2D eigenvalue weighted by Gasteiger charge is -2.30. The molecule has 18 heavy (non-hydrogen) atoms. The number of nitrogens with zero attached hydrogens (tertiary/aromatic N) is 1. The Kier molecular flexibility index (Phi) is 4.61. The Labute approximate surface area is 109 Å². The molecule has 1 saturated heterocycles. The van der Waals surface area contributed by atoms with Crippen LogP contribution in [-0.2, 0) is 4.74 Å². The van der Waals surface area contributed by atoms with Crippen LogP contribution in [0.4, 0.5) is 5.69 Å². The Morgan fingerprint density at radius 2 is 2.22 bits per heavy atom. The SMILES string of the molecule is C[C@H](O)c1ccccc1N(C)CC1CCCOC1. The average Bonchev–Trinajstić information content (AvgIpc) is 2.40. The number of anilines is 1. The Morgan fingerprint density at radius 3 is 2.89 bits per heavy atom. The molecule has 0 bridgehead atoms. The predicted molar refractivity (Wildman–Crippen MR) is 73.9 cm³/mol. The van der Waals surface area contributed by atoms with Gasteiger partial charge in [-0.3, -0.25) is 0 Å². The van der Waals surface area contributed by atoms with Crippen LogP contribution in [0.15, 0.2) is 24.3 Å². The minimum atomic E-state index is -0.425. The molecule has 3 heteroatoms. The van der Waals surface area contributed by atoms with Gasteiger partial charge >= 0.3 is 0 Å². The largest absolute Gasteiger partial charge is 0.389 e. The quantitative estimate of drug-likeness (QED) is 0.890. The number of rotatable bonds is 4. The number of ether oxygens (including phenoxy) is 1. The van der Waals surface area contributed by atoms with Crippen molar-refractivity contribution in [3.8, 4) is 0 Å². The van der Waals surface area contributed by atoms with Gasteiger partial charge < -0.3 is 14.7 Å². The molecule has 1 heterocycles. The summed E-state index contributed by atoms with van der Waals surface area (Å²) in [5.74, 6) is 0.603. The first-order valence-corrected chi connectivity index (χ1v) is 6.74. The molecule has 2 rings (SSSR count). The highest BCUT2D eigenvalue weighted by Gasteiger charge is 2.18. The number of benzene rings is 1. The molecular formula is C15H23NO2. The van der Waals surface area contributed by atoms with Gasteiger partial charge in [0.25, 0.3) is 0 Å². The predicted octanol–water partition coefficient (Wildman–Crippen LogP) is 2.60. The zero-order valence-electron chi connectivity index (χ0n) is 11.3. The van der Waals surface area contributed by atoms with Crippen LogP contribution in [0.1, 0.15) is 31.4 Å². The van der Waals surface area contributed by atoms with E-state index in [0.29, 0.717) is 5.92 Å². The van der Waals surface area contributed by atoms with Crippen molar-refractivity contribution >= 4 is 5.69 Å². The molecule has 0 spiro atoms. The van der Waals surface area contributed by atoms with E-state index < -0.39 is 6.10 Å². The third kappa shape index (κ3) is 3.24. The molecule has 1 unspecified atom stereocenters. The van der Waals surface area contributed by atoms with Gasteiger partial charge in [0.05, 0.1) is 12.7 Å². The topological polar surface area (TPSA) is 32.7 Å². The van der Waals surface area contributed by atoms with Crippen molar-refractivity contribution in [2.45, 2.75) is 25.9 Å². The van der Waals surface area contributed by atoms with Crippen LogP contribution in [0.5, 0.6) is 0 Å². The lowest BCUT2D eigenvalue weighted by atomic mass is 10.0. The molecule has 0 saturated carbocycles. The number of aliphatic hydroxyl groups excluding tert-OH is 1. The summed E-state index contributed by atoms with van der Waals surface area (Å²) in [5, 5.41) is 9.81. The third-order valence-electron chi connectivity index (χ3n) is 3.58. The van der Waals surface area contributed by atoms with Gasteiger partial charge in [0.1, 0.15) is 0 Å². The third-order valence-corrected chi connectivity index (χ3v) is 3.58. The van der Waals surface area contributed by atoms with Crippen molar-refractivity contribution in [1.29, 1.82) is 0 Å². The monoisotopic (exact) mass is 249 g/mol. The summed E-state index contributed by atoms with van der Waals surface area (Å²) in [5.41, 5.74) is 2.12. The first kappa shape index (κ1) is 13.4. The lowest BCUT2D eigenvalue weighted by Crippen LogP contribution is -2.31. The second-order valence-corrected chi connectivity index (χ2v) is 5.20. The summed E-state index contributed by atoms with van der Waals surface area (Å²) in [6.07, 6.45) is 1.98. The van der Waals surface area contributed by atoms with Gasteiger partial charge in [0.2, 0.25) is 0 Å². The smallest absolute Gasteiger partial charge is 0.0781 e. The van der Waals surface area contributed by atoms with Gasteiger partial charge in [-0.1, -0.05) is 18.2 Å². The molecule has 2 atom stereocenters. The Balaban J connectivity index is 2.05. The zero-order chi connectivity index (χ0) is 13.0. The van der Waals surface area contributed by atoms with E-state index in [1.54, 1.807) is 0 Å². The van der Waals surface area contributed by atoms with Crippen molar-refractivity contribution in [3.05, 3.63) is 29.8 Å². The van der Waals surface area contributed by atoms with E-state index in [4.69, 9.17) is 4.74 Å². The Hall–Kier alpha value is -1.06. The summed E-state index contributed by atoms with van der Waals surface area (Å²) in [6, 6.07) is 8.07. The molecule has 0 amide bonds.